The van der Waals surface area contributed by atoms with Crippen LogP contribution < -0.4 is 5.56 Å². The molecule has 28 heavy (non-hydrogen) atoms. The van der Waals surface area contributed by atoms with Crippen LogP contribution in [-0.2, 0) is 11.3 Å². The number of H-pyrrole nitrogens is 1. The number of carbonyl (C=O) groups is 2. The molecule has 0 saturated carbocycles. The molecule has 7 nitrogen and oxygen atoms in total. The number of nitrogens with zero attached hydrogens (tertiary/aromatic N) is 3. The van der Waals surface area contributed by atoms with Gasteiger partial charge in [0.05, 0.1) is 6.33 Å². The Morgan fingerprint density at radius 3 is 2.57 bits per heavy atom. The van der Waals surface area contributed by atoms with Gasteiger partial charge in [-0.05, 0) is 30.2 Å². The molecular weight excluding hydrogens is 356 g/mol. The highest BCUT2D eigenvalue weighted by atomic mass is 16.2. The average molecular weight is 380 g/mol. The van der Waals surface area contributed by atoms with Crippen LogP contribution in [0.2, 0.25) is 0 Å². The molecule has 1 N–H and O–H groups in total. The number of piperidine rings is 2. The van der Waals surface area contributed by atoms with E-state index in [9.17, 15) is 14.4 Å². The van der Waals surface area contributed by atoms with Gasteiger partial charge in [0.1, 0.15) is 5.56 Å². The van der Waals surface area contributed by atoms with Crippen LogP contribution in [0.3, 0.4) is 0 Å². The molecule has 0 aliphatic carbocycles. The summed E-state index contributed by atoms with van der Waals surface area (Å²) in [5, 5.41) is 0. The number of rotatable bonds is 3. The maximum Gasteiger partial charge on any atom is 0.263 e. The summed E-state index contributed by atoms with van der Waals surface area (Å²) in [6.45, 7) is 2.56. The summed E-state index contributed by atoms with van der Waals surface area (Å²) in [6.07, 6.45) is 5.72. The van der Waals surface area contributed by atoms with E-state index in [0.717, 1.165) is 31.4 Å². The molecule has 1 spiro atoms. The lowest BCUT2D eigenvalue weighted by Gasteiger charge is -2.47. The Morgan fingerprint density at radius 2 is 1.86 bits per heavy atom. The van der Waals surface area contributed by atoms with Crippen molar-refractivity contribution in [3.05, 3.63) is 64.3 Å². The molecule has 146 valence electrons. The number of aromatic nitrogens is 2. The molecule has 3 heterocycles. The van der Waals surface area contributed by atoms with Crippen LogP contribution in [0.25, 0.3) is 0 Å². The Morgan fingerprint density at radius 1 is 1.11 bits per heavy atom. The fourth-order valence-electron chi connectivity index (χ4n) is 4.31. The first kappa shape index (κ1) is 18.4. The van der Waals surface area contributed by atoms with Crippen molar-refractivity contribution >= 4 is 11.8 Å². The third-order valence-electron chi connectivity index (χ3n) is 6.02. The van der Waals surface area contributed by atoms with E-state index < -0.39 is 5.56 Å². The van der Waals surface area contributed by atoms with Crippen LogP contribution in [-0.4, -0.2) is 51.2 Å². The third-order valence-corrected chi connectivity index (χ3v) is 6.02. The molecule has 2 saturated heterocycles. The van der Waals surface area contributed by atoms with E-state index in [1.807, 2.05) is 35.2 Å². The highest BCUT2D eigenvalue weighted by Crippen LogP contribution is 2.40. The van der Waals surface area contributed by atoms with Crippen molar-refractivity contribution in [2.24, 2.45) is 5.41 Å². The fraction of sp³-hybridized carbons (Fsp3) is 0.429. The minimum absolute atomic E-state index is 0.0564. The molecule has 0 bridgehead atoms. The predicted molar refractivity (Wildman–Crippen MR) is 104 cm³/mol. The van der Waals surface area contributed by atoms with Crippen LogP contribution in [0.15, 0.2) is 47.7 Å². The molecule has 7 heteroatoms. The highest BCUT2D eigenvalue weighted by Gasteiger charge is 2.41. The molecule has 4 rings (SSSR count). The highest BCUT2D eigenvalue weighted by molar-refractivity contribution is 5.93. The monoisotopic (exact) mass is 380 g/mol. The van der Waals surface area contributed by atoms with Crippen LogP contribution in [0.5, 0.6) is 0 Å². The molecule has 0 radical (unpaired) electrons. The summed E-state index contributed by atoms with van der Waals surface area (Å²) >= 11 is 0. The molecule has 2 fully saturated rings. The molecular formula is C21H24N4O3. The van der Waals surface area contributed by atoms with E-state index in [1.165, 1.54) is 12.5 Å². The lowest BCUT2D eigenvalue weighted by atomic mass is 9.72. The van der Waals surface area contributed by atoms with Crippen LogP contribution in [0, 0.1) is 5.41 Å². The SMILES string of the molecule is O=C1CCC2(CCN(C(=O)c3cnc[nH]c3=O)CC2)CN1Cc1ccccc1. The Balaban J connectivity index is 1.42. The maximum absolute atomic E-state index is 12.7. The minimum Gasteiger partial charge on any atom is -0.338 e. The third kappa shape index (κ3) is 3.69. The molecule has 2 aliphatic heterocycles. The molecule has 0 atom stereocenters. The van der Waals surface area contributed by atoms with Gasteiger partial charge in [-0.15, -0.1) is 0 Å². The van der Waals surface area contributed by atoms with Crippen LogP contribution in [0.1, 0.15) is 41.6 Å². The largest absolute Gasteiger partial charge is 0.338 e. The van der Waals surface area contributed by atoms with E-state index >= 15 is 0 Å². The number of amides is 2. The van der Waals surface area contributed by atoms with Gasteiger partial charge in [-0.2, -0.15) is 0 Å². The molecule has 1 aromatic heterocycles. The van der Waals surface area contributed by atoms with Gasteiger partial charge in [-0.25, -0.2) is 4.98 Å². The van der Waals surface area contributed by atoms with Gasteiger partial charge < -0.3 is 14.8 Å². The predicted octanol–water partition coefficient (Wildman–Crippen LogP) is 1.81. The number of benzene rings is 1. The van der Waals surface area contributed by atoms with Gasteiger partial charge in [-0.1, -0.05) is 30.3 Å². The second kappa shape index (κ2) is 7.58. The van der Waals surface area contributed by atoms with Crippen molar-refractivity contribution in [1.29, 1.82) is 0 Å². The van der Waals surface area contributed by atoms with Gasteiger partial charge in [-0.3, -0.25) is 14.4 Å². The van der Waals surface area contributed by atoms with Gasteiger partial charge in [0, 0.05) is 38.8 Å². The number of hydrogen-bond donors (Lipinski definition) is 1. The smallest absolute Gasteiger partial charge is 0.263 e. The molecule has 1 aromatic carbocycles. The van der Waals surface area contributed by atoms with E-state index in [0.29, 0.717) is 26.1 Å². The lowest BCUT2D eigenvalue weighted by Crippen LogP contribution is -2.52. The van der Waals surface area contributed by atoms with E-state index in [-0.39, 0.29) is 22.8 Å². The zero-order valence-electron chi connectivity index (χ0n) is 15.8. The van der Waals surface area contributed by atoms with E-state index in [1.54, 1.807) is 4.90 Å². The normalized spacial score (nSPS) is 19.1. The maximum atomic E-state index is 12.7. The average Bonchev–Trinajstić information content (AvgIpc) is 2.72. The standard InChI is InChI=1S/C21H24N4O3/c26-18-6-7-21(14-25(18)13-16-4-2-1-3-5-16)8-10-24(11-9-21)20(28)17-12-22-15-23-19(17)27/h1-5,12,15H,6-11,13-14H2,(H,22,23,27). The van der Waals surface area contributed by atoms with Crippen molar-refractivity contribution in [3.63, 3.8) is 0 Å². The summed E-state index contributed by atoms with van der Waals surface area (Å²) in [5.74, 6) is -0.0629. The van der Waals surface area contributed by atoms with Crippen molar-refractivity contribution in [2.75, 3.05) is 19.6 Å². The van der Waals surface area contributed by atoms with Crippen LogP contribution >= 0.6 is 0 Å². The molecule has 0 unspecified atom stereocenters. The number of aromatic amines is 1. The molecule has 2 aromatic rings. The minimum atomic E-state index is -0.405. The van der Waals surface area contributed by atoms with Crippen molar-refractivity contribution in [3.8, 4) is 0 Å². The van der Waals surface area contributed by atoms with Gasteiger partial charge in [0.2, 0.25) is 5.91 Å². The topological polar surface area (TPSA) is 86.4 Å². The zero-order valence-corrected chi connectivity index (χ0v) is 15.8. The second-order valence-corrected chi connectivity index (χ2v) is 7.82. The van der Waals surface area contributed by atoms with Crippen molar-refractivity contribution < 1.29 is 9.59 Å². The Hall–Kier alpha value is -2.96. The summed E-state index contributed by atoms with van der Waals surface area (Å²) in [7, 11) is 0. The van der Waals surface area contributed by atoms with Gasteiger partial charge >= 0.3 is 0 Å². The summed E-state index contributed by atoms with van der Waals surface area (Å²) in [5.41, 5.74) is 0.873. The Kier molecular flexibility index (Phi) is 4.98. The first-order valence-corrected chi connectivity index (χ1v) is 9.70. The van der Waals surface area contributed by atoms with E-state index in [4.69, 9.17) is 0 Å². The van der Waals surface area contributed by atoms with Crippen molar-refractivity contribution in [2.45, 2.75) is 32.2 Å². The Bertz CT molecular complexity index is 917. The van der Waals surface area contributed by atoms with Crippen molar-refractivity contribution in [1.82, 2.24) is 19.8 Å². The molecule has 2 aliphatic rings. The van der Waals surface area contributed by atoms with Gasteiger partial charge in [0.15, 0.2) is 0 Å². The quantitative estimate of drug-likeness (QED) is 0.880. The summed E-state index contributed by atoms with van der Waals surface area (Å²) in [4.78, 5) is 47.0. The van der Waals surface area contributed by atoms with Crippen LogP contribution in [0.4, 0.5) is 0 Å². The summed E-state index contributed by atoms with van der Waals surface area (Å²) in [6, 6.07) is 10.0. The number of hydrogen-bond acceptors (Lipinski definition) is 4. The fourth-order valence-corrected chi connectivity index (χ4v) is 4.31. The zero-order chi connectivity index (χ0) is 19.6. The van der Waals surface area contributed by atoms with Gasteiger partial charge in [0.25, 0.3) is 11.5 Å². The Labute approximate surface area is 163 Å². The molecule has 2 amide bonds. The number of carbonyl (C=O) groups excluding carboxylic acids is 2. The number of likely N-dealkylation sites (tertiary alicyclic amines) is 2. The van der Waals surface area contributed by atoms with E-state index in [2.05, 4.69) is 9.97 Å². The number of nitrogens with one attached hydrogen (secondary N) is 1. The first-order chi connectivity index (χ1) is 13.6. The lowest BCUT2D eigenvalue weighted by molar-refractivity contribution is -0.139. The second-order valence-electron chi connectivity index (χ2n) is 7.82. The first-order valence-electron chi connectivity index (χ1n) is 9.70. The summed E-state index contributed by atoms with van der Waals surface area (Å²) < 4.78 is 0.